The van der Waals surface area contributed by atoms with Gasteiger partial charge < -0.3 is 9.92 Å². The van der Waals surface area contributed by atoms with Crippen LogP contribution in [0.4, 0.5) is 4.79 Å². The molecule has 0 bridgehead atoms. The molecule has 0 rings (SSSR count). The number of hydrogen-bond acceptors (Lipinski definition) is 4. The number of nitrogens with two attached hydrogens (primary N) is 1. The largest absolute Gasteiger partial charge is 0.420 e. The summed E-state index contributed by atoms with van der Waals surface area (Å²) in [5.41, 5.74) is 4.25. The molecule has 0 aliphatic rings. The smallest absolute Gasteiger partial charge is 0.334 e. The second-order valence-corrected chi connectivity index (χ2v) is 1.26. The zero-order valence-corrected chi connectivity index (χ0v) is 4.05. The first-order valence-electron chi connectivity index (χ1n) is 1.24. The third kappa shape index (κ3) is 5.22. The van der Waals surface area contributed by atoms with Crippen molar-refractivity contribution in [3.63, 3.8) is 0 Å². The lowest BCUT2D eigenvalue weighted by atomic mass is 11.3. The van der Waals surface area contributed by atoms with E-state index in [4.69, 9.17) is 0 Å². The van der Waals surface area contributed by atoms with Crippen LogP contribution in [0, 0.1) is 0 Å². The normalized spacial score (nSPS) is 8.71. The van der Waals surface area contributed by atoms with Gasteiger partial charge in [0.1, 0.15) is 0 Å². The molecule has 0 heterocycles. The van der Waals surface area contributed by atoms with E-state index in [9.17, 15) is 13.2 Å². The standard InChI is InChI=1S/CH3NO4S/c2-1(3)6-7(4)5/h7H,(H2,2,3). The molecule has 0 aromatic heterocycles. The Balaban J connectivity index is 3.53. The van der Waals surface area contributed by atoms with Gasteiger partial charge in [0, 0.05) is 0 Å². The third-order valence-corrected chi connectivity index (χ3v) is 0.494. The second kappa shape index (κ2) is 2.40. The van der Waals surface area contributed by atoms with Crippen molar-refractivity contribution < 1.29 is 17.4 Å². The van der Waals surface area contributed by atoms with Crippen LogP contribution in [0.1, 0.15) is 0 Å². The molecule has 2 N–H and O–H groups in total. The maximum Gasteiger partial charge on any atom is 0.420 e. The molecule has 0 radical (unpaired) electrons. The fraction of sp³-hybridized carbons (Fsp3) is 0. The Hall–Kier alpha value is -0.780. The van der Waals surface area contributed by atoms with Crippen molar-refractivity contribution in [1.82, 2.24) is 0 Å². The van der Waals surface area contributed by atoms with E-state index in [-0.39, 0.29) is 0 Å². The van der Waals surface area contributed by atoms with Gasteiger partial charge in [-0.15, -0.1) is 0 Å². The number of rotatable bonds is 1. The minimum Gasteiger partial charge on any atom is -0.334 e. The van der Waals surface area contributed by atoms with Crippen molar-refractivity contribution in [3.05, 3.63) is 0 Å². The number of thiol groups is 1. The predicted octanol–water partition coefficient (Wildman–Crippen LogP) is -1.39. The lowest BCUT2D eigenvalue weighted by Crippen LogP contribution is -2.11. The van der Waals surface area contributed by atoms with Crippen molar-refractivity contribution in [2.24, 2.45) is 5.73 Å². The molecule has 0 saturated carbocycles. The van der Waals surface area contributed by atoms with Gasteiger partial charge in [-0.05, 0) is 0 Å². The van der Waals surface area contributed by atoms with Crippen molar-refractivity contribution in [3.8, 4) is 0 Å². The summed E-state index contributed by atoms with van der Waals surface area (Å²) >= 11 is 0. The highest BCUT2D eigenvalue weighted by Crippen LogP contribution is 1.67. The summed E-state index contributed by atoms with van der Waals surface area (Å²) in [6.07, 6.45) is -1.31. The van der Waals surface area contributed by atoms with Crippen LogP contribution < -0.4 is 5.73 Å². The minimum atomic E-state index is -3.11. The summed E-state index contributed by atoms with van der Waals surface area (Å²) in [6, 6.07) is 0. The van der Waals surface area contributed by atoms with Gasteiger partial charge in [0.15, 0.2) is 0 Å². The fourth-order valence-electron chi connectivity index (χ4n) is 0.0735. The van der Waals surface area contributed by atoms with E-state index in [0.29, 0.717) is 0 Å². The van der Waals surface area contributed by atoms with Crippen LogP contribution in [0.3, 0.4) is 0 Å². The van der Waals surface area contributed by atoms with Gasteiger partial charge in [-0.25, -0.2) is 4.79 Å². The zero-order valence-electron chi connectivity index (χ0n) is 3.16. The summed E-state index contributed by atoms with van der Waals surface area (Å²) in [6.45, 7) is 0. The van der Waals surface area contributed by atoms with Gasteiger partial charge in [-0.2, -0.15) is 8.42 Å². The zero-order chi connectivity index (χ0) is 5.86. The van der Waals surface area contributed by atoms with E-state index in [1.54, 1.807) is 0 Å². The van der Waals surface area contributed by atoms with Crippen LogP contribution in [0.5, 0.6) is 0 Å². The molecule has 6 heteroatoms. The first kappa shape index (κ1) is 6.22. The van der Waals surface area contributed by atoms with Crippen LogP contribution in [-0.4, -0.2) is 14.5 Å². The number of primary amides is 1. The molecule has 0 aliphatic carbocycles. The Kier molecular flexibility index (Phi) is 2.14. The van der Waals surface area contributed by atoms with Gasteiger partial charge in [0.25, 0.3) is 0 Å². The highest BCUT2D eigenvalue weighted by atomic mass is 32.2. The van der Waals surface area contributed by atoms with Gasteiger partial charge in [-0.3, -0.25) is 0 Å². The van der Waals surface area contributed by atoms with Crippen LogP contribution >= 0.6 is 0 Å². The quantitative estimate of drug-likeness (QED) is 0.422. The molecule has 0 atom stereocenters. The average Bonchev–Trinajstić information content (AvgIpc) is 1.27. The minimum absolute atomic E-state index is 1.31. The number of amides is 1. The second-order valence-electron chi connectivity index (χ2n) is 0.634. The Bertz CT molecular complexity index is 129. The first-order valence-corrected chi connectivity index (χ1v) is 2.34. The van der Waals surface area contributed by atoms with Crippen molar-refractivity contribution in [1.29, 1.82) is 0 Å². The fourth-order valence-corrected chi connectivity index (χ4v) is 0.220. The topological polar surface area (TPSA) is 86.5 Å². The Morgan fingerprint density at radius 2 is 2.00 bits per heavy atom. The Morgan fingerprint density at radius 1 is 1.57 bits per heavy atom. The van der Waals surface area contributed by atoms with E-state index in [1.165, 1.54) is 0 Å². The van der Waals surface area contributed by atoms with E-state index < -0.39 is 17.1 Å². The SMILES string of the molecule is NC(=O)O[SH](=O)=O. The monoisotopic (exact) mass is 125 g/mol. The predicted molar refractivity (Wildman–Crippen MR) is 21.0 cm³/mol. The van der Waals surface area contributed by atoms with Crippen molar-refractivity contribution >= 4 is 17.1 Å². The maximum atomic E-state index is 9.43. The number of hydrogen-bond donors (Lipinski definition) is 2. The highest BCUT2D eigenvalue weighted by molar-refractivity contribution is 7.67. The van der Waals surface area contributed by atoms with Gasteiger partial charge in [-0.1, -0.05) is 0 Å². The molecule has 0 spiro atoms. The third-order valence-electron chi connectivity index (χ3n) is 0.165. The summed E-state index contributed by atoms with van der Waals surface area (Å²) in [5, 5.41) is 0. The average molecular weight is 125 g/mol. The molecule has 0 aromatic carbocycles. The van der Waals surface area contributed by atoms with E-state index >= 15 is 0 Å². The lowest BCUT2D eigenvalue weighted by molar-refractivity contribution is 0.214. The molecule has 42 valence electrons. The molecular formula is CH3NO4S. The Morgan fingerprint density at radius 3 is 2.00 bits per heavy atom. The molecular weight excluding hydrogens is 122 g/mol. The maximum absolute atomic E-state index is 9.43. The van der Waals surface area contributed by atoms with Gasteiger partial charge in [0.05, 0.1) is 0 Å². The van der Waals surface area contributed by atoms with Crippen LogP contribution in [0.25, 0.3) is 0 Å². The van der Waals surface area contributed by atoms with Crippen LogP contribution in [-0.2, 0) is 15.2 Å². The summed E-state index contributed by atoms with van der Waals surface area (Å²) in [5.74, 6) is 0. The molecule has 0 aliphatic heterocycles. The molecule has 0 saturated heterocycles. The number of carbonyl (C=O) groups is 1. The summed E-state index contributed by atoms with van der Waals surface area (Å²) in [4.78, 5) is 9.43. The summed E-state index contributed by atoms with van der Waals surface area (Å²) < 4.78 is 22.0. The van der Waals surface area contributed by atoms with E-state index in [2.05, 4.69) is 9.92 Å². The van der Waals surface area contributed by atoms with Crippen molar-refractivity contribution in [2.75, 3.05) is 0 Å². The molecule has 0 aromatic rings. The van der Waals surface area contributed by atoms with Gasteiger partial charge in [0.2, 0.25) is 0 Å². The van der Waals surface area contributed by atoms with E-state index in [1.807, 2.05) is 0 Å². The molecule has 0 fully saturated rings. The van der Waals surface area contributed by atoms with Crippen molar-refractivity contribution in [2.45, 2.75) is 0 Å². The molecule has 0 unspecified atom stereocenters. The summed E-state index contributed by atoms with van der Waals surface area (Å²) in [7, 11) is -3.11. The number of carbonyl (C=O) groups excluding carboxylic acids is 1. The van der Waals surface area contributed by atoms with Crippen LogP contribution in [0.15, 0.2) is 0 Å². The first-order chi connectivity index (χ1) is 3.13. The Labute approximate surface area is 41.2 Å². The molecule has 7 heavy (non-hydrogen) atoms. The van der Waals surface area contributed by atoms with Crippen LogP contribution in [0.2, 0.25) is 0 Å². The van der Waals surface area contributed by atoms with Gasteiger partial charge >= 0.3 is 17.1 Å². The molecule has 1 amide bonds. The molecule has 5 nitrogen and oxygen atoms in total. The van der Waals surface area contributed by atoms with E-state index in [0.717, 1.165) is 0 Å². The highest BCUT2D eigenvalue weighted by Gasteiger charge is 1.88. The lowest BCUT2D eigenvalue weighted by Gasteiger charge is -1.81.